The summed E-state index contributed by atoms with van der Waals surface area (Å²) in [7, 11) is 1.65. The van der Waals surface area contributed by atoms with Gasteiger partial charge in [-0.2, -0.15) is 0 Å². The number of ether oxygens (including phenoxy) is 2. The minimum Gasteiger partial charge on any atom is -0.497 e. The van der Waals surface area contributed by atoms with Crippen molar-refractivity contribution in [3.63, 3.8) is 0 Å². The summed E-state index contributed by atoms with van der Waals surface area (Å²) in [5.74, 6) is 0.346. The summed E-state index contributed by atoms with van der Waals surface area (Å²) >= 11 is 0. The van der Waals surface area contributed by atoms with E-state index in [4.69, 9.17) is 9.47 Å². The first-order chi connectivity index (χ1) is 24.0. The van der Waals surface area contributed by atoms with Gasteiger partial charge in [0.2, 0.25) is 0 Å². The predicted molar refractivity (Wildman–Crippen MR) is 188 cm³/mol. The standard InChI is InChI=1S/C40H37N5O4/c1-26-33(23-46)34(36(26)45-25-43-35-37(41-24-42-38(35)45)44-39(47)28-13-7-4-8-14-28)27(2)49-40(29-15-9-5-10-16-29,30-17-11-6-12-18-30)31-19-21-32(48-3)22-20-31/h4-22,24-25,27,33-34,36,46H,1,23H2,2-3H3,(H,41,42,44,47)/t27?,33-,34+,36+/m0/s1. The average Bonchev–Trinajstić information content (AvgIpc) is 3.58. The highest BCUT2D eigenvalue weighted by Gasteiger charge is 2.52. The molecule has 0 saturated heterocycles. The van der Waals surface area contributed by atoms with Gasteiger partial charge in [-0.3, -0.25) is 4.79 Å². The van der Waals surface area contributed by atoms with Crippen molar-refractivity contribution < 1.29 is 19.4 Å². The zero-order valence-electron chi connectivity index (χ0n) is 27.3. The Kier molecular flexibility index (Phi) is 8.78. The zero-order valence-corrected chi connectivity index (χ0v) is 27.3. The maximum Gasteiger partial charge on any atom is 0.256 e. The molecular formula is C40H37N5O4. The summed E-state index contributed by atoms with van der Waals surface area (Å²) in [4.78, 5) is 26.6. The van der Waals surface area contributed by atoms with E-state index in [2.05, 4.69) is 58.0 Å². The van der Waals surface area contributed by atoms with Gasteiger partial charge in [-0.15, -0.1) is 0 Å². The van der Waals surface area contributed by atoms with Gasteiger partial charge in [0.15, 0.2) is 17.0 Å². The molecule has 1 amide bonds. The first kappa shape index (κ1) is 31.9. The van der Waals surface area contributed by atoms with E-state index in [9.17, 15) is 9.90 Å². The van der Waals surface area contributed by atoms with Gasteiger partial charge in [-0.1, -0.05) is 97.6 Å². The molecule has 0 radical (unpaired) electrons. The van der Waals surface area contributed by atoms with Crippen molar-refractivity contribution in [2.75, 3.05) is 19.0 Å². The second kappa shape index (κ2) is 13.5. The lowest BCUT2D eigenvalue weighted by atomic mass is 9.63. The Bertz CT molecular complexity index is 2030. The van der Waals surface area contributed by atoms with Crippen LogP contribution in [0.25, 0.3) is 11.2 Å². The highest BCUT2D eigenvalue weighted by molar-refractivity contribution is 6.06. The number of aliphatic hydroxyl groups is 1. The molecule has 9 nitrogen and oxygen atoms in total. The van der Waals surface area contributed by atoms with Crippen molar-refractivity contribution >= 4 is 22.9 Å². The number of benzene rings is 4. The summed E-state index contributed by atoms with van der Waals surface area (Å²) in [5, 5.41) is 13.5. The number of anilines is 1. The lowest BCUT2D eigenvalue weighted by molar-refractivity contribution is -0.104. The Hall–Kier alpha value is -5.64. The van der Waals surface area contributed by atoms with Crippen LogP contribution in [0.1, 0.15) is 40.0 Å². The number of amides is 1. The van der Waals surface area contributed by atoms with Crippen LogP contribution in [0.5, 0.6) is 5.75 Å². The van der Waals surface area contributed by atoms with Crippen LogP contribution < -0.4 is 10.1 Å². The van der Waals surface area contributed by atoms with Crippen LogP contribution in [0.4, 0.5) is 5.82 Å². The molecule has 7 rings (SSSR count). The van der Waals surface area contributed by atoms with Gasteiger partial charge in [-0.25, -0.2) is 15.0 Å². The summed E-state index contributed by atoms with van der Waals surface area (Å²) in [6, 6.07) is 37.0. The molecule has 0 bridgehead atoms. The van der Waals surface area contributed by atoms with Crippen molar-refractivity contribution in [1.29, 1.82) is 0 Å². The fourth-order valence-corrected chi connectivity index (χ4v) is 7.15. The number of aromatic nitrogens is 4. The lowest BCUT2D eigenvalue weighted by Crippen LogP contribution is -2.51. The molecule has 49 heavy (non-hydrogen) atoms. The number of imidazole rings is 1. The quantitative estimate of drug-likeness (QED) is 0.117. The van der Waals surface area contributed by atoms with Crippen molar-refractivity contribution in [3.05, 3.63) is 162 Å². The third-order valence-electron chi connectivity index (χ3n) is 9.57. The fourth-order valence-electron chi connectivity index (χ4n) is 7.15. The van der Waals surface area contributed by atoms with Gasteiger partial charge < -0.3 is 24.5 Å². The van der Waals surface area contributed by atoms with E-state index in [1.807, 2.05) is 71.3 Å². The Morgan fingerprint density at radius 1 is 0.878 bits per heavy atom. The number of rotatable bonds is 11. The highest BCUT2D eigenvalue weighted by atomic mass is 16.5. The number of carbonyl (C=O) groups is 1. The molecule has 246 valence electrons. The molecule has 1 aliphatic rings. The molecule has 1 unspecified atom stereocenters. The van der Waals surface area contributed by atoms with Gasteiger partial charge >= 0.3 is 0 Å². The Labute approximate surface area is 284 Å². The van der Waals surface area contributed by atoms with Gasteiger partial charge in [0.1, 0.15) is 17.7 Å². The molecule has 4 atom stereocenters. The SMILES string of the molecule is C=C1[C@@H](n2cnc3c(NC(=O)c4ccccc4)ncnc32)[C@H](C(C)OC(c2ccccc2)(c2ccccc2)c2ccc(OC)cc2)[C@H]1CO. The number of methoxy groups -OCH3 is 1. The maximum absolute atomic E-state index is 13.0. The van der Waals surface area contributed by atoms with Gasteiger partial charge in [-0.05, 0) is 53.5 Å². The van der Waals surface area contributed by atoms with Crippen molar-refractivity contribution in [1.82, 2.24) is 19.5 Å². The molecule has 4 aromatic carbocycles. The van der Waals surface area contributed by atoms with Gasteiger partial charge in [0, 0.05) is 17.4 Å². The van der Waals surface area contributed by atoms with E-state index in [1.165, 1.54) is 6.33 Å². The van der Waals surface area contributed by atoms with Crippen LogP contribution in [-0.2, 0) is 10.3 Å². The summed E-state index contributed by atoms with van der Waals surface area (Å²) in [6.45, 7) is 6.37. The summed E-state index contributed by atoms with van der Waals surface area (Å²) in [5.41, 5.74) is 4.24. The Morgan fingerprint density at radius 3 is 2.06 bits per heavy atom. The van der Waals surface area contributed by atoms with Crippen LogP contribution >= 0.6 is 0 Å². The summed E-state index contributed by atoms with van der Waals surface area (Å²) < 4.78 is 14.9. The molecule has 0 spiro atoms. The van der Waals surface area contributed by atoms with E-state index in [1.54, 1.807) is 37.7 Å². The van der Waals surface area contributed by atoms with Crippen LogP contribution in [0.15, 0.2) is 140 Å². The fraction of sp³-hybridized carbons (Fsp3) is 0.200. The molecule has 9 heteroatoms. The van der Waals surface area contributed by atoms with Crippen LogP contribution in [0, 0.1) is 11.8 Å². The smallest absolute Gasteiger partial charge is 0.256 e. The number of hydrogen-bond donors (Lipinski definition) is 2. The molecule has 1 fully saturated rings. The van der Waals surface area contributed by atoms with E-state index >= 15 is 0 Å². The molecule has 0 aliphatic heterocycles. The first-order valence-electron chi connectivity index (χ1n) is 16.2. The van der Waals surface area contributed by atoms with E-state index in [0.717, 1.165) is 28.0 Å². The second-order valence-corrected chi connectivity index (χ2v) is 12.2. The van der Waals surface area contributed by atoms with Crippen LogP contribution in [0.2, 0.25) is 0 Å². The number of aliphatic hydroxyl groups excluding tert-OH is 1. The third kappa shape index (κ3) is 5.67. The van der Waals surface area contributed by atoms with E-state index in [-0.39, 0.29) is 30.4 Å². The highest BCUT2D eigenvalue weighted by Crippen LogP contribution is 2.53. The molecular weight excluding hydrogens is 614 g/mol. The number of nitrogens with zero attached hydrogens (tertiary/aromatic N) is 4. The average molecular weight is 652 g/mol. The summed E-state index contributed by atoms with van der Waals surface area (Å²) in [6.07, 6.45) is 2.72. The molecule has 6 aromatic rings. The number of fused-ring (bicyclic) bond motifs is 1. The van der Waals surface area contributed by atoms with Crippen molar-refractivity contribution in [3.8, 4) is 5.75 Å². The monoisotopic (exact) mass is 651 g/mol. The van der Waals surface area contributed by atoms with Gasteiger partial charge in [0.05, 0.1) is 32.2 Å². The number of hydrogen-bond acceptors (Lipinski definition) is 7. The Morgan fingerprint density at radius 2 is 1.47 bits per heavy atom. The zero-order chi connectivity index (χ0) is 34.0. The van der Waals surface area contributed by atoms with E-state index in [0.29, 0.717) is 22.5 Å². The largest absolute Gasteiger partial charge is 0.497 e. The lowest BCUT2D eigenvalue weighted by Gasteiger charge is -2.51. The number of carbonyl (C=O) groups excluding carboxylic acids is 1. The second-order valence-electron chi connectivity index (χ2n) is 12.2. The van der Waals surface area contributed by atoms with E-state index < -0.39 is 11.7 Å². The minimum absolute atomic E-state index is 0.0834. The molecule has 2 aromatic heterocycles. The molecule has 2 N–H and O–H groups in total. The maximum atomic E-state index is 13.0. The predicted octanol–water partition coefficient (Wildman–Crippen LogP) is 6.82. The van der Waals surface area contributed by atoms with Gasteiger partial charge in [0.25, 0.3) is 5.91 Å². The first-order valence-corrected chi connectivity index (χ1v) is 16.2. The molecule has 1 aliphatic carbocycles. The normalized spacial score (nSPS) is 18.1. The topological polar surface area (TPSA) is 111 Å². The van der Waals surface area contributed by atoms with Crippen LogP contribution in [0.3, 0.4) is 0 Å². The van der Waals surface area contributed by atoms with Crippen LogP contribution in [-0.4, -0.2) is 50.4 Å². The third-order valence-corrected chi connectivity index (χ3v) is 9.57. The Balaban J connectivity index is 1.28. The van der Waals surface area contributed by atoms with Crippen molar-refractivity contribution in [2.45, 2.75) is 24.7 Å². The number of nitrogens with one attached hydrogen (secondary N) is 1. The molecule has 1 saturated carbocycles. The van der Waals surface area contributed by atoms with Crippen molar-refractivity contribution in [2.24, 2.45) is 11.8 Å². The molecule has 2 heterocycles. The minimum atomic E-state index is -0.996.